The number of aromatic nitrogens is 3. The lowest BCUT2D eigenvalue weighted by atomic mass is 10.1. The predicted molar refractivity (Wildman–Crippen MR) is 109 cm³/mol. The van der Waals surface area contributed by atoms with Gasteiger partial charge in [-0.1, -0.05) is 35.5 Å². The molecule has 0 fully saturated rings. The normalized spacial score (nSPS) is 10.8. The van der Waals surface area contributed by atoms with E-state index in [0.717, 1.165) is 33.8 Å². The first kappa shape index (κ1) is 17.7. The van der Waals surface area contributed by atoms with E-state index in [-0.39, 0.29) is 5.56 Å². The van der Waals surface area contributed by atoms with Crippen LogP contribution in [0.4, 0.5) is 11.4 Å². The van der Waals surface area contributed by atoms with E-state index in [1.165, 1.54) is 0 Å². The lowest BCUT2D eigenvalue weighted by molar-refractivity contribution is 0.393. The Morgan fingerprint density at radius 3 is 2.61 bits per heavy atom. The van der Waals surface area contributed by atoms with Gasteiger partial charge in [-0.15, -0.1) is 0 Å². The third-order valence-electron chi connectivity index (χ3n) is 4.54. The van der Waals surface area contributed by atoms with Crippen molar-refractivity contribution in [1.29, 1.82) is 0 Å². The summed E-state index contributed by atoms with van der Waals surface area (Å²) in [4.78, 5) is 17.2. The topological polar surface area (TPSA) is 73.0 Å². The Labute approximate surface area is 162 Å². The molecule has 0 aliphatic heterocycles. The van der Waals surface area contributed by atoms with E-state index in [0.29, 0.717) is 12.2 Å². The molecule has 3 aromatic heterocycles. The zero-order chi connectivity index (χ0) is 19.5. The number of anilines is 2. The third-order valence-corrected chi connectivity index (χ3v) is 4.54. The van der Waals surface area contributed by atoms with Gasteiger partial charge in [-0.3, -0.25) is 9.78 Å². The number of benzene rings is 1. The molecule has 1 aromatic carbocycles. The van der Waals surface area contributed by atoms with E-state index in [1.54, 1.807) is 17.0 Å². The van der Waals surface area contributed by atoms with Gasteiger partial charge < -0.3 is 14.4 Å². The lowest BCUT2D eigenvalue weighted by Crippen LogP contribution is -2.23. The molecule has 0 radical (unpaired) electrons. The number of hydrogen-bond acceptors (Lipinski definition) is 5. The number of nitrogens with zero attached hydrogens (tertiary/aromatic N) is 3. The third kappa shape index (κ3) is 3.57. The largest absolute Gasteiger partial charge is 0.361 e. The molecule has 0 saturated carbocycles. The first-order valence-electron chi connectivity index (χ1n) is 9.00. The Hall–Kier alpha value is -3.67. The average molecular weight is 372 g/mol. The fourth-order valence-corrected chi connectivity index (χ4v) is 3.25. The maximum atomic E-state index is 13.1. The molecule has 0 atom stereocenters. The second-order valence-corrected chi connectivity index (χ2v) is 6.63. The highest BCUT2D eigenvalue weighted by atomic mass is 16.5. The smallest absolute Gasteiger partial charge is 0.274 e. The van der Waals surface area contributed by atoms with E-state index < -0.39 is 0 Å². The summed E-state index contributed by atoms with van der Waals surface area (Å²) < 4.78 is 7.03. The molecule has 3 heterocycles. The molecule has 140 valence electrons. The predicted octanol–water partition coefficient (Wildman–Crippen LogP) is 4.31. The van der Waals surface area contributed by atoms with E-state index >= 15 is 0 Å². The first-order chi connectivity index (χ1) is 13.6. The maximum absolute atomic E-state index is 13.1. The minimum Gasteiger partial charge on any atom is -0.361 e. The molecular formula is C22H20N4O2. The quantitative estimate of drug-likeness (QED) is 0.565. The maximum Gasteiger partial charge on any atom is 0.274 e. The molecule has 0 aliphatic rings. The van der Waals surface area contributed by atoms with E-state index in [4.69, 9.17) is 4.52 Å². The molecule has 6 nitrogen and oxygen atoms in total. The fourth-order valence-electron chi connectivity index (χ4n) is 3.25. The van der Waals surface area contributed by atoms with E-state index in [1.807, 2.05) is 68.6 Å². The van der Waals surface area contributed by atoms with Crippen LogP contribution in [-0.4, -0.2) is 14.7 Å². The van der Waals surface area contributed by atoms with Gasteiger partial charge in [0, 0.05) is 23.5 Å². The van der Waals surface area contributed by atoms with Gasteiger partial charge in [0.25, 0.3) is 5.56 Å². The van der Waals surface area contributed by atoms with Gasteiger partial charge in [-0.2, -0.15) is 0 Å². The molecule has 0 aliphatic carbocycles. The Morgan fingerprint density at radius 2 is 1.93 bits per heavy atom. The highest BCUT2D eigenvalue weighted by Crippen LogP contribution is 2.28. The van der Waals surface area contributed by atoms with Crippen molar-refractivity contribution < 1.29 is 4.52 Å². The molecule has 28 heavy (non-hydrogen) atoms. The van der Waals surface area contributed by atoms with E-state index in [2.05, 4.69) is 15.5 Å². The Morgan fingerprint density at radius 1 is 1.11 bits per heavy atom. The van der Waals surface area contributed by atoms with Crippen molar-refractivity contribution >= 4 is 11.4 Å². The Bertz CT molecular complexity index is 1060. The number of rotatable bonds is 5. The average Bonchev–Trinajstić information content (AvgIpc) is 3.05. The van der Waals surface area contributed by atoms with Gasteiger partial charge in [-0.05, 0) is 37.6 Å². The summed E-state index contributed by atoms with van der Waals surface area (Å²) >= 11 is 0. The number of aryl methyl sites for hydroxylation is 2. The van der Waals surface area contributed by atoms with Gasteiger partial charge in [0.15, 0.2) is 0 Å². The molecule has 4 rings (SSSR count). The van der Waals surface area contributed by atoms with Crippen molar-refractivity contribution in [2.45, 2.75) is 20.4 Å². The molecule has 1 N–H and O–H groups in total. The SMILES string of the molecule is Cc1noc(C)c1-c1cc(Nc2cccnc2)c(=O)n(Cc2ccccc2)c1. The van der Waals surface area contributed by atoms with Crippen LogP contribution in [0.5, 0.6) is 0 Å². The van der Waals surface area contributed by atoms with Crippen LogP contribution in [0.25, 0.3) is 11.1 Å². The monoisotopic (exact) mass is 372 g/mol. The molecule has 0 unspecified atom stereocenters. The molecule has 0 spiro atoms. The number of hydrogen-bond donors (Lipinski definition) is 1. The second kappa shape index (κ2) is 7.52. The molecule has 0 bridgehead atoms. The summed E-state index contributed by atoms with van der Waals surface area (Å²) in [6.07, 6.45) is 5.24. The van der Waals surface area contributed by atoms with Crippen molar-refractivity contribution in [1.82, 2.24) is 14.7 Å². The number of pyridine rings is 2. The highest BCUT2D eigenvalue weighted by molar-refractivity contribution is 5.72. The summed E-state index contributed by atoms with van der Waals surface area (Å²) in [5.41, 5.74) is 4.73. The fraction of sp³-hybridized carbons (Fsp3) is 0.136. The summed E-state index contributed by atoms with van der Waals surface area (Å²) in [5, 5.41) is 7.24. The summed E-state index contributed by atoms with van der Waals surface area (Å²) in [6.45, 7) is 4.24. The van der Waals surface area contributed by atoms with Gasteiger partial charge in [0.1, 0.15) is 11.4 Å². The zero-order valence-electron chi connectivity index (χ0n) is 15.7. The van der Waals surface area contributed by atoms with Gasteiger partial charge in [0.05, 0.1) is 24.1 Å². The van der Waals surface area contributed by atoms with Crippen molar-refractivity contribution in [2.75, 3.05) is 5.32 Å². The molecule has 6 heteroatoms. The van der Waals surface area contributed by atoms with Crippen LogP contribution in [0, 0.1) is 13.8 Å². The van der Waals surface area contributed by atoms with Crippen LogP contribution >= 0.6 is 0 Å². The van der Waals surface area contributed by atoms with Crippen LogP contribution in [0.15, 0.2) is 76.4 Å². The Kier molecular flexibility index (Phi) is 4.76. The van der Waals surface area contributed by atoms with Crippen LogP contribution in [-0.2, 0) is 6.54 Å². The van der Waals surface area contributed by atoms with Crippen molar-refractivity contribution in [2.24, 2.45) is 0 Å². The number of nitrogens with one attached hydrogen (secondary N) is 1. The van der Waals surface area contributed by atoms with Crippen LogP contribution in [0.1, 0.15) is 17.0 Å². The summed E-state index contributed by atoms with van der Waals surface area (Å²) in [6, 6.07) is 15.4. The van der Waals surface area contributed by atoms with Crippen LogP contribution < -0.4 is 10.9 Å². The standard InChI is InChI=1S/C22H20N4O2/c1-15-21(16(2)28-25-15)18-11-20(24-19-9-6-10-23-12-19)22(27)26(14-18)13-17-7-4-3-5-8-17/h3-12,14,24H,13H2,1-2H3. The van der Waals surface area contributed by atoms with Gasteiger partial charge in [0.2, 0.25) is 0 Å². The summed E-state index contributed by atoms with van der Waals surface area (Å²) in [7, 11) is 0. The van der Waals surface area contributed by atoms with E-state index in [9.17, 15) is 4.79 Å². The van der Waals surface area contributed by atoms with Crippen molar-refractivity contribution in [3.63, 3.8) is 0 Å². The second-order valence-electron chi connectivity index (χ2n) is 6.63. The zero-order valence-corrected chi connectivity index (χ0v) is 15.7. The van der Waals surface area contributed by atoms with Crippen LogP contribution in [0.3, 0.4) is 0 Å². The molecule has 0 amide bonds. The highest BCUT2D eigenvalue weighted by Gasteiger charge is 2.16. The Balaban J connectivity index is 1.84. The minimum atomic E-state index is -0.108. The van der Waals surface area contributed by atoms with Gasteiger partial charge >= 0.3 is 0 Å². The van der Waals surface area contributed by atoms with Crippen molar-refractivity contribution in [3.8, 4) is 11.1 Å². The lowest BCUT2D eigenvalue weighted by Gasteiger charge is -2.13. The molecular weight excluding hydrogens is 352 g/mol. The van der Waals surface area contributed by atoms with Crippen LogP contribution in [0.2, 0.25) is 0 Å². The van der Waals surface area contributed by atoms with Gasteiger partial charge in [-0.25, -0.2) is 0 Å². The molecule has 0 saturated heterocycles. The summed E-state index contributed by atoms with van der Waals surface area (Å²) in [5.74, 6) is 0.717. The first-order valence-corrected chi connectivity index (χ1v) is 9.00. The minimum absolute atomic E-state index is 0.108. The molecule has 4 aromatic rings. The van der Waals surface area contributed by atoms with Crippen molar-refractivity contribution in [3.05, 3.63) is 94.5 Å².